The Bertz CT molecular complexity index is 748. The third-order valence-electron chi connectivity index (χ3n) is 4.90. The molecule has 2 aliphatic rings. The number of hydrogen-bond acceptors (Lipinski definition) is 1. The maximum atomic E-state index is 3.47. The summed E-state index contributed by atoms with van der Waals surface area (Å²) in [5, 5.41) is 6.13. The molecule has 0 saturated carbocycles. The van der Waals surface area contributed by atoms with Crippen LogP contribution in [0.4, 0.5) is 0 Å². The molecule has 0 amide bonds. The van der Waals surface area contributed by atoms with Gasteiger partial charge in [0, 0.05) is 18.0 Å². The van der Waals surface area contributed by atoms with E-state index in [-0.39, 0.29) is 0 Å². The molecule has 1 nitrogen and oxygen atoms in total. The maximum absolute atomic E-state index is 3.47. The molecule has 22 heavy (non-hydrogen) atoms. The molecule has 0 heterocycles. The Balaban J connectivity index is 2.34. The van der Waals surface area contributed by atoms with Crippen LogP contribution in [0.15, 0.2) is 60.2 Å². The van der Waals surface area contributed by atoms with Gasteiger partial charge in [-0.1, -0.05) is 67.6 Å². The smallest absolute Gasteiger partial charge is 0.0452 e. The molecule has 0 fully saturated rings. The zero-order valence-electron chi connectivity index (χ0n) is 13.7. The van der Waals surface area contributed by atoms with Crippen molar-refractivity contribution in [1.29, 1.82) is 0 Å². The molecule has 0 bridgehead atoms. The fraction of sp³-hybridized carbons (Fsp3) is 0.333. The van der Waals surface area contributed by atoms with Crippen LogP contribution in [0.3, 0.4) is 0 Å². The van der Waals surface area contributed by atoms with E-state index in [0.717, 1.165) is 6.42 Å². The molecule has 0 aliphatic heterocycles. The molecule has 0 aromatic heterocycles. The molecule has 2 aliphatic carbocycles. The number of allylic oxidation sites excluding steroid dienone is 5. The highest BCUT2D eigenvalue weighted by molar-refractivity contribution is 5.66. The number of hydrogen-bond donors (Lipinski definition) is 1. The highest BCUT2D eigenvalue weighted by Crippen LogP contribution is 2.37. The Kier molecular flexibility index (Phi) is 4.33. The molecule has 0 saturated heterocycles. The van der Waals surface area contributed by atoms with Crippen molar-refractivity contribution in [2.45, 2.75) is 20.3 Å². The number of rotatable bonds is 2. The molecule has 1 aromatic carbocycles. The monoisotopic (exact) mass is 291 g/mol. The van der Waals surface area contributed by atoms with Crippen LogP contribution in [0.25, 0.3) is 11.8 Å². The minimum absolute atomic E-state index is 0.524. The highest BCUT2D eigenvalue weighted by Gasteiger charge is 2.29. The van der Waals surface area contributed by atoms with Crippen LogP contribution >= 0.6 is 0 Å². The average molecular weight is 291 g/mol. The van der Waals surface area contributed by atoms with Crippen molar-refractivity contribution in [1.82, 2.24) is 5.32 Å². The van der Waals surface area contributed by atoms with Crippen LogP contribution < -0.4 is 15.8 Å². The second kappa shape index (κ2) is 6.39. The van der Waals surface area contributed by atoms with E-state index >= 15 is 0 Å². The number of benzene rings is 1. The van der Waals surface area contributed by atoms with E-state index in [0.29, 0.717) is 17.8 Å². The van der Waals surface area contributed by atoms with Gasteiger partial charge in [0.2, 0.25) is 0 Å². The summed E-state index contributed by atoms with van der Waals surface area (Å²) in [5.74, 6) is 1.61. The van der Waals surface area contributed by atoms with Crippen molar-refractivity contribution in [3.63, 3.8) is 0 Å². The van der Waals surface area contributed by atoms with Crippen molar-refractivity contribution < 1.29 is 0 Å². The zero-order valence-corrected chi connectivity index (χ0v) is 13.7. The van der Waals surface area contributed by atoms with E-state index in [1.54, 1.807) is 0 Å². The van der Waals surface area contributed by atoms with Gasteiger partial charge in [-0.2, -0.15) is 0 Å². The van der Waals surface area contributed by atoms with Crippen LogP contribution in [-0.2, 0) is 0 Å². The van der Waals surface area contributed by atoms with Crippen molar-refractivity contribution in [2.75, 3.05) is 7.05 Å². The molecule has 1 heteroatoms. The Morgan fingerprint density at radius 1 is 1.23 bits per heavy atom. The standard InChI is InChI=1S/C21H25N/c1-4-9-17-15(2)14-16-10-5-6-11-18(16)21(22-3)20-13-8-7-12-19(17)20/h4-11,13-15,17,19,22H,12H2,1-3H3/b9-4?,16-14-,21-18-. The van der Waals surface area contributed by atoms with E-state index in [1.807, 2.05) is 7.05 Å². The highest BCUT2D eigenvalue weighted by atomic mass is 14.8. The first-order valence-corrected chi connectivity index (χ1v) is 8.25. The maximum Gasteiger partial charge on any atom is 0.0452 e. The Morgan fingerprint density at radius 3 is 2.82 bits per heavy atom. The lowest BCUT2D eigenvalue weighted by atomic mass is 9.72. The summed E-state index contributed by atoms with van der Waals surface area (Å²) in [6.07, 6.45) is 15.0. The average Bonchev–Trinajstić information content (AvgIpc) is 2.54. The number of fused-ring (bicyclic) bond motifs is 2. The minimum atomic E-state index is 0.524. The Hall–Kier alpha value is -2.02. The van der Waals surface area contributed by atoms with Crippen LogP contribution in [0.2, 0.25) is 0 Å². The summed E-state index contributed by atoms with van der Waals surface area (Å²) in [6, 6.07) is 8.73. The van der Waals surface area contributed by atoms with Crippen molar-refractivity contribution >= 4 is 11.8 Å². The third kappa shape index (κ3) is 2.56. The van der Waals surface area contributed by atoms with E-state index in [9.17, 15) is 0 Å². The van der Waals surface area contributed by atoms with Crippen molar-refractivity contribution in [3.05, 3.63) is 70.7 Å². The molecular formula is C21H25N. The minimum Gasteiger partial charge on any atom is -0.387 e. The van der Waals surface area contributed by atoms with E-state index in [4.69, 9.17) is 0 Å². The summed E-state index contributed by atoms with van der Waals surface area (Å²) in [5.41, 5.74) is 2.73. The van der Waals surface area contributed by atoms with E-state index in [2.05, 4.69) is 79.9 Å². The zero-order chi connectivity index (χ0) is 15.5. The van der Waals surface area contributed by atoms with Gasteiger partial charge in [-0.25, -0.2) is 0 Å². The second-order valence-corrected chi connectivity index (χ2v) is 6.23. The van der Waals surface area contributed by atoms with Gasteiger partial charge in [-0.15, -0.1) is 0 Å². The summed E-state index contributed by atoms with van der Waals surface area (Å²) in [7, 11) is 2.04. The summed E-state index contributed by atoms with van der Waals surface area (Å²) >= 11 is 0. The molecule has 3 atom stereocenters. The lowest BCUT2D eigenvalue weighted by molar-refractivity contribution is 0.394. The lowest BCUT2D eigenvalue weighted by Gasteiger charge is -2.33. The van der Waals surface area contributed by atoms with Gasteiger partial charge in [0.25, 0.3) is 0 Å². The number of nitrogens with one attached hydrogen (secondary N) is 1. The molecule has 114 valence electrons. The quantitative estimate of drug-likeness (QED) is 0.826. The van der Waals surface area contributed by atoms with Gasteiger partial charge < -0.3 is 5.32 Å². The third-order valence-corrected chi connectivity index (χ3v) is 4.90. The fourth-order valence-electron chi connectivity index (χ4n) is 3.88. The Labute approximate surface area is 133 Å². The first-order chi connectivity index (χ1) is 10.8. The molecule has 0 radical (unpaired) electrons. The normalized spacial score (nSPS) is 31.3. The largest absolute Gasteiger partial charge is 0.387 e. The van der Waals surface area contributed by atoms with Gasteiger partial charge in [0.15, 0.2) is 0 Å². The summed E-state index contributed by atoms with van der Waals surface area (Å²) in [4.78, 5) is 0. The molecule has 1 N–H and O–H groups in total. The summed E-state index contributed by atoms with van der Waals surface area (Å²) < 4.78 is 0. The van der Waals surface area contributed by atoms with Crippen LogP contribution in [0.1, 0.15) is 20.3 Å². The van der Waals surface area contributed by atoms with Gasteiger partial charge in [-0.3, -0.25) is 0 Å². The van der Waals surface area contributed by atoms with Crippen LogP contribution in [0, 0.1) is 17.8 Å². The SMILES string of the molecule is CC=CC1C(C)/C=c2/cccc/c2=C(/NC)C2=CC=CCC21. The van der Waals surface area contributed by atoms with Crippen molar-refractivity contribution in [3.8, 4) is 0 Å². The lowest BCUT2D eigenvalue weighted by Crippen LogP contribution is -2.38. The van der Waals surface area contributed by atoms with Crippen LogP contribution in [0.5, 0.6) is 0 Å². The van der Waals surface area contributed by atoms with Crippen molar-refractivity contribution in [2.24, 2.45) is 17.8 Å². The van der Waals surface area contributed by atoms with E-state index in [1.165, 1.54) is 21.7 Å². The number of likely N-dealkylation sites (N-methyl/N-ethyl adjacent to an activating group) is 1. The first-order valence-electron chi connectivity index (χ1n) is 8.25. The second-order valence-electron chi connectivity index (χ2n) is 6.23. The van der Waals surface area contributed by atoms with Gasteiger partial charge in [0.1, 0.15) is 0 Å². The summed E-state index contributed by atoms with van der Waals surface area (Å²) in [6.45, 7) is 4.48. The van der Waals surface area contributed by atoms with Gasteiger partial charge in [-0.05, 0) is 41.9 Å². The topological polar surface area (TPSA) is 12.0 Å². The fourth-order valence-corrected chi connectivity index (χ4v) is 3.88. The van der Waals surface area contributed by atoms with Gasteiger partial charge in [0.05, 0.1) is 0 Å². The molecule has 3 unspecified atom stereocenters. The molecular weight excluding hydrogens is 266 g/mol. The van der Waals surface area contributed by atoms with Crippen LogP contribution in [-0.4, -0.2) is 7.05 Å². The predicted molar refractivity (Wildman–Crippen MR) is 95.4 cm³/mol. The predicted octanol–water partition coefficient (Wildman–Crippen LogP) is 3.14. The van der Waals surface area contributed by atoms with Gasteiger partial charge >= 0.3 is 0 Å². The van der Waals surface area contributed by atoms with E-state index < -0.39 is 0 Å². The molecule has 0 spiro atoms. The molecule has 3 rings (SSSR count). The Morgan fingerprint density at radius 2 is 2.05 bits per heavy atom. The molecule has 1 aromatic rings. The first kappa shape index (κ1) is 14.9.